The molecule has 14 heteroatoms. The van der Waals surface area contributed by atoms with Gasteiger partial charge < -0.3 is 28.9 Å². The van der Waals surface area contributed by atoms with Gasteiger partial charge >= 0.3 is 18.3 Å². The summed E-state index contributed by atoms with van der Waals surface area (Å²) in [6.07, 6.45) is 10.2. The lowest BCUT2D eigenvalue weighted by Crippen LogP contribution is -2.47. The third-order valence-corrected chi connectivity index (χ3v) is 11.2. The summed E-state index contributed by atoms with van der Waals surface area (Å²) in [5.41, 5.74) is 3.52. The van der Waals surface area contributed by atoms with Crippen LogP contribution in [0.3, 0.4) is 0 Å². The Labute approximate surface area is 386 Å². The van der Waals surface area contributed by atoms with Crippen LogP contribution in [0.15, 0.2) is 61.1 Å². The number of ether oxygens (including phenoxy) is 3. The van der Waals surface area contributed by atoms with E-state index in [1.807, 2.05) is 119 Å². The number of carbonyl (C=O) groups is 3. The van der Waals surface area contributed by atoms with E-state index in [1.165, 1.54) is 0 Å². The number of rotatable bonds is 0. The minimum Gasteiger partial charge on any atom is -0.438 e. The molecule has 2 aromatic heterocycles. The molecule has 0 radical (unpaired) electrons. The van der Waals surface area contributed by atoms with Crippen molar-refractivity contribution in [3.63, 3.8) is 0 Å². The first-order valence-corrected chi connectivity index (χ1v) is 24.1. The molecule has 1 atom stereocenters. The molecule has 3 fully saturated rings. The minimum atomic E-state index is -0.474. The van der Waals surface area contributed by atoms with Gasteiger partial charge in [-0.2, -0.15) is 0 Å². The number of hydrogen-bond donors (Lipinski definition) is 3. The molecule has 1 aromatic carbocycles. The van der Waals surface area contributed by atoms with Crippen LogP contribution < -0.4 is 16.0 Å². The Hall–Kier alpha value is -4.79. The zero-order chi connectivity index (χ0) is 48.3. The van der Waals surface area contributed by atoms with Gasteiger partial charge in [-0.15, -0.1) is 0 Å². The van der Waals surface area contributed by atoms with Gasteiger partial charge in [0.1, 0.15) is 22.6 Å². The first-order chi connectivity index (χ1) is 31.1. The van der Waals surface area contributed by atoms with Crippen LogP contribution in [-0.4, -0.2) is 103 Å². The van der Waals surface area contributed by atoms with Crippen molar-refractivity contribution >= 4 is 35.5 Å². The zero-order valence-electron chi connectivity index (χ0n) is 42.2. The summed E-state index contributed by atoms with van der Waals surface area (Å²) in [4.78, 5) is 50.0. The van der Waals surface area contributed by atoms with Crippen molar-refractivity contribution < 1.29 is 28.6 Å². The average molecular weight is 893 g/mol. The molecule has 3 aromatic rings. The number of nitrogens with zero attached hydrogens (tertiary/aromatic N) is 5. The number of aromatic nitrogens is 2. The van der Waals surface area contributed by atoms with Crippen LogP contribution in [0.25, 0.3) is 0 Å². The third-order valence-electron chi connectivity index (χ3n) is 11.2. The summed E-state index contributed by atoms with van der Waals surface area (Å²) in [6, 6.07) is 13.8. The summed E-state index contributed by atoms with van der Waals surface area (Å²) >= 11 is 0. The Balaban J connectivity index is 0.000000429. The van der Waals surface area contributed by atoms with Crippen LogP contribution in [0, 0.1) is 0 Å². The lowest BCUT2D eigenvalue weighted by atomic mass is 9.82. The van der Waals surface area contributed by atoms with E-state index in [-0.39, 0.29) is 18.3 Å². The smallest absolute Gasteiger partial charge is 0.413 e. The van der Waals surface area contributed by atoms with Crippen LogP contribution in [0.5, 0.6) is 0 Å². The maximum absolute atomic E-state index is 11.7. The predicted molar refractivity (Wildman–Crippen MR) is 263 cm³/mol. The van der Waals surface area contributed by atoms with Crippen LogP contribution >= 0.6 is 0 Å². The summed E-state index contributed by atoms with van der Waals surface area (Å²) < 4.78 is 16.9. The van der Waals surface area contributed by atoms with E-state index in [4.69, 9.17) is 14.2 Å². The van der Waals surface area contributed by atoms with Gasteiger partial charge in [0.2, 0.25) is 0 Å². The number of benzene rings is 1. The maximum Gasteiger partial charge on any atom is 0.413 e. The standard InChI is InChI=1S/C13H17N3O2.C13H16N2O2.C12H15N3O2.6C2H6/c1-16-7-2-4-13(5-8-16)10-3-6-14-9-11(10)15-12(17)18-13;1-15-8-6-13(7-9-15)10-4-2-3-5-11(10)14-12(16)17-13;1-15-7-4-12(5-8-15)9-3-2-6-13-10(9)14-11(16)17-12;6*1-2/h3,6,9H,2,4-5,7-8H2,1H3,(H,15,17);2-5H,6-9H2,1H3,(H,14,16);2-3,6H,4-5,7-8H2,1H3,(H,13,14,16);6*1-2H3. The van der Waals surface area contributed by atoms with Gasteiger partial charge in [0.15, 0.2) is 0 Å². The molecular formula is C50H84N8O6. The molecule has 3 amide bonds. The minimum absolute atomic E-state index is 0.326. The number of amides is 3. The normalized spacial score (nSPS) is 20.6. The van der Waals surface area contributed by atoms with Crippen LogP contribution in [-0.2, 0) is 31.0 Å². The average Bonchev–Trinajstić information content (AvgIpc) is 3.53. The third kappa shape index (κ3) is 14.9. The summed E-state index contributed by atoms with van der Waals surface area (Å²) in [7, 11) is 6.29. The summed E-state index contributed by atoms with van der Waals surface area (Å²) in [6.45, 7) is 29.8. The first-order valence-electron chi connectivity index (χ1n) is 24.1. The Morgan fingerprint density at radius 1 is 0.469 bits per heavy atom. The topological polar surface area (TPSA) is 150 Å². The number of likely N-dealkylation sites (tertiary alicyclic amines) is 3. The van der Waals surface area contributed by atoms with Gasteiger partial charge in [0, 0.05) is 93.9 Å². The highest BCUT2D eigenvalue weighted by Crippen LogP contribution is 2.45. The van der Waals surface area contributed by atoms with Crippen molar-refractivity contribution in [3.8, 4) is 0 Å². The van der Waals surface area contributed by atoms with Crippen molar-refractivity contribution in [2.45, 2.75) is 145 Å². The van der Waals surface area contributed by atoms with Crippen molar-refractivity contribution in [3.05, 3.63) is 77.7 Å². The number of nitrogens with one attached hydrogen (secondary N) is 3. The van der Waals surface area contributed by atoms with Gasteiger partial charge in [-0.25, -0.2) is 19.4 Å². The molecule has 0 aliphatic carbocycles. The molecule has 360 valence electrons. The van der Waals surface area contributed by atoms with Crippen molar-refractivity contribution in [1.82, 2.24) is 24.7 Å². The van der Waals surface area contributed by atoms with Gasteiger partial charge in [0.05, 0.1) is 17.6 Å². The van der Waals surface area contributed by atoms with E-state index in [9.17, 15) is 14.4 Å². The fraction of sp³-hybridized carbons (Fsp3) is 0.620. The van der Waals surface area contributed by atoms with Gasteiger partial charge in [-0.05, 0) is 64.8 Å². The van der Waals surface area contributed by atoms with Crippen molar-refractivity contribution in [2.24, 2.45) is 0 Å². The largest absolute Gasteiger partial charge is 0.438 e. The highest BCUT2D eigenvalue weighted by Gasteiger charge is 2.46. The number of carbonyl (C=O) groups excluding carboxylic acids is 3. The van der Waals surface area contributed by atoms with E-state index in [1.54, 1.807) is 18.6 Å². The summed E-state index contributed by atoms with van der Waals surface area (Å²) in [5, 5.41) is 8.15. The van der Waals surface area contributed by atoms with Crippen molar-refractivity contribution in [2.75, 3.05) is 76.4 Å². The lowest BCUT2D eigenvalue weighted by Gasteiger charge is -2.43. The SMILES string of the molecule is CC.CC.CC.CC.CC.CC.CN1CCC2(CC1)OC(=O)Nc1ccccc12.CN1CCC2(CC1)OC(=O)Nc1ncccc12.CN1CCCC2(CC1)OC(=O)Nc1cnccc12. The monoisotopic (exact) mass is 893 g/mol. The zero-order valence-corrected chi connectivity index (χ0v) is 42.2. The summed E-state index contributed by atoms with van der Waals surface area (Å²) in [5.74, 6) is 0.647. The van der Waals surface area contributed by atoms with Crippen LogP contribution in [0.1, 0.15) is 145 Å². The molecule has 1 unspecified atom stereocenters. The molecule has 3 N–H and O–H groups in total. The molecule has 3 saturated heterocycles. The highest BCUT2D eigenvalue weighted by molar-refractivity contribution is 5.89. The predicted octanol–water partition coefficient (Wildman–Crippen LogP) is 11.8. The number of fused-ring (bicyclic) bond motifs is 6. The lowest BCUT2D eigenvalue weighted by molar-refractivity contribution is -0.0340. The molecule has 3 spiro atoms. The molecule has 9 rings (SSSR count). The fourth-order valence-corrected chi connectivity index (χ4v) is 8.16. The molecule has 0 saturated carbocycles. The van der Waals surface area contributed by atoms with E-state index < -0.39 is 16.8 Å². The Bertz CT molecular complexity index is 1710. The van der Waals surface area contributed by atoms with Gasteiger partial charge in [0.25, 0.3) is 0 Å². The molecular weight excluding hydrogens is 809 g/mol. The Kier molecular flexibility index (Phi) is 26.5. The number of para-hydroxylation sites is 1. The quantitative estimate of drug-likeness (QED) is 0.185. The second-order valence-electron chi connectivity index (χ2n) is 14.7. The molecule has 64 heavy (non-hydrogen) atoms. The Morgan fingerprint density at radius 2 is 0.875 bits per heavy atom. The van der Waals surface area contributed by atoms with Gasteiger partial charge in [-0.1, -0.05) is 101 Å². The number of piperidine rings is 2. The molecule has 6 aliphatic heterocycles. The number of anilines is 3. The van der Waals surface area contributed by atoms with E-state index in [0.29, 0.717) is 5.82 Å². The Morgan fingerprint density at radius 3 is 1.41 bits per heavy atom. The van der Waals surface area contributed by atoms with E-state index in [2.05, 4.69) is 67.8 Å². The fourth-order valence-electron chi connectivity index (χ4n) is 8.16. The van der Waals surface area contributed by atoms with E-state index in [0.717, 1.165) is 112 Å². The van der Waals surface area contributed by atoms with Crippen LogP contribution in [0.2, 0.25) is 0 Å². The van der Waals surface area contributed by atoms with Crippen molar-refractivity contribution in [1.29, 1.82) is 0 Å². The second kappa shape index (κ2) is 29.6. The molecule has 6 aliphatic rings. The maximum atomic E-state index is 11.7. The molecule has 14 nitrogen and oxygen atoms in total. The number of pyridine rings is 2. The number of hydrogen-bond acceptors (Lipinski definition) is 11. The molecule has 0 bridgehead atoms. The second-order valence-corrected chi connectivity index (χ2v) is 14.7. The first kappa shape index (κ1) is 57.2. The van der Waals surface area contributed by atoms with Crippen LogP contribution in [0.4, 0.5) is 31.6 Å². The van der Waals surface area contributed by atoms with Gasteiger partial charge in [-0.3, -0.25) is 20.9 Å². The molecule has 8 heterocycles. The highest BCUT2D eigenvalue weighted by atomic mass is 16.6. The van der Waals surface area contributed by atoms with E-state index >= 15 is 0 Å².